The van der Waals surface area contributed by atoms with Crippen molar-refractivity contribution in [3.05, 3.63) is 29.4 Å². The molecule has 1 saturated heterocycles. The Hall–Kier alpha value is -1.00. The third-order valence-corrected chi connectivity index (χ3v) is 4.87. The van der Waals surface area contributed by atoms with Crippen molar-refractivity contribution < 1.29 is 0 Å². The second-order valence-electron chi connectivity index (χ2n) is 4.82. The first kappa shape index (κ1) is 13.0. The lowest BCUT2D eigenvalue weighted by Crippen LogP contribution is -2.19. The Labute approximate surface area is 122 Å². The number of nitrogens with zero attached hydrogens (tertiary/aromatic N) is 2. The molecule has 1 aliphatic rings. The van der Waals surface area contributed by atoms with Crippen molar-refractivity contribution in [1.29, 1.82) is 0 Å². The van der Waals surface area contributed by atoms with Gasteiger partial charge in [0.15, 0.2) is 11.0 Å². The Morgan fingerprint density at radius 2 is 1.89 bits per heavy atom. The minimum Gasteiger partial charge on any atom is -0.368 e. The van der Waals surface area contributed by atoms with Crippen LogP contribution in [0.1, 0.15) is 12.8 Å². The standard InChI is InChI=1S/C14H16ClN3S/c15-13-11-3-1-2-4-12(11)14(18-17-13)16-9-10-5-7-19-8-6-10/h1-4,10H,5-9H2,(H,16,18). The molecule has 2 aromatic rings. The van der Waals surface area contributed by atoms with Crippen LogP contribution in [0.25, 0.3) is 10.8 Å². The molecular weight excluding hydrogens is 278 g/mol. The van der Waals surface area contributed by atoms with Gasteiger partial charge >= 0.3 is 0 Å². The van der Waals surface area contributed by atoms with Crippen LogP contribution in [-0.2, 0) is 0 Å². The van der Waals surface area contributed by atoms with E-state index >= 15 is 0 Å². The van der Waals surface area contributed by atoms with Gasteiger partial charge in [0.05, 0.1) is 0 Å². The van der Waals surface area contributed by atoms with Crippen LogP contribution in [0.4, 0.5) is 5.82 Å². The smallest absolute Gasteiger partial charge is 0.159 e. The van der Waals surface area contributed by atoms with E-state index in [0.29, 0.717) is 5.15 Å². The van der Waals surface area contributed by atoms with Gasteiger partial charge in [0, 0.05) is 17.3 Å². The SMILES string of the molecule is Clc1nnc(NCC2CCSCC2)c2ccccc12. The molecule has 0 unspecified atom stereocenters. The third kappa shape index (κ3) is 2.95. The molecule has 0 atom stereocenters. The molecule has 100 valence electrons. The van der Waals surface area contributed by atoms with Gasteiger partial charge in [-0.1, -0.05) is 35.9 Å². The Bertz CT molecular complexity index is 570. The summed E-state index contributed by atoms with van der Waals surface area (Å²) in [6, 6.07) is 7.99. The van der Waals surface area contributed by atoms with Crippen LogP contribution in [0.2, 0.25) is 5.15 Å². The maximum atomic E-state index is 6.07. The zero-order valence-corrected chi connectivity index (χ0v) is 12.2. The van der Waals surface area contributed by atoms with Gasteiger partial charge < -0.3 is 5.32 Å². The highest BCUT2D eigenvalue weighted by molar-refractivity contribution is 7.99. The van der Waals surface area contributed by atoms with Gasteiger partial charge in [0.2, 0.25) is 0 Å². The summed E-state index contributed by atoms with van der Waals surface area (Å²) < 4.78 is 0. The number of thioether (sulfide) groups is 1. The van der Waals surface area contributed by atoms with E-state index in [9.17, 15) is 0 Å². The minimum atomic E-state index is 0.468. The first-order valence-electron chi connectivity index (χ1n) is 6.57. The molecule has 0 amide bonds. The minimum absolute atomic E-state index is 0.468. The molecule has 5 heteroatoms. The molecule has 0 spiro atoms. The Morgan fingerprint density at radius 3 is 2.68 bits per heavy atom. The first-order valence-corrected chi connectivity index (χ1v) is 8.10. The lowest BCUT2D eigenvalue weighted by Gasteiger charge is -2.22. The molecule has 1 fully saturated rings. The van der Waals surface area contributed by atoms with E-state index in [2.05, 4.69) is 27.3 Å². The van der Waals surface area contributed by atoms with Gasteiger partial charge in [-0.25, -0.2) is 0 Å². The fourth-order valence-electron chi connectivity index (χ4n) is 2.39. The van der Waals surface area contributed by atoms with Crippen LogP contribution in [0.15, 0.2) is 24.3 Å². The zero-order chi connectivity index (χ0) is 13.1. The van der Waals surface area contributed by atoms with Crippen LogP contribution >= 0.6 is 23.4 Å². The maximum Gasteiger partial charge on any atom is 0.159 e. The summed E-state index contributed by atoms with van der Waals surface area (Å²) in [7, 11) is 0. The van der Waals surface area contributed by atoms with E-state index in [1.54, 1.807) is 0 Å². The van der Waals surface area contributed by atoms with E-state index in [1.807, 2.05) is 24.3 Å². The average Bonchev–Trinajstić information content (AvgIpc) is 2.48. The largest absolute Gasteiger partial charge is 0.368 e. The molecule has 1 N–H and O–H groups in total. The number of halogens is 1. The van der Waals surface area contributed by atoms with Gasteiger partial charge in [-0.05, 0) is 30.3 Å². The number of nitrogens with one attached hydrogen (secondary N) is 1. The fourth-order valence-corrected chi connectivity index (χ4v) is 3.80. The summed E-state index contributed by atoms with van der Waals surface area (Å²) in [6.07, 6.45) is 2.58. The number of aromatic nitrogens is 2. The molecule has 0 bridgehead atoms. The van der Waals surface area contributed by atoms with Crippen molar-refractivity contribution in [3.8, 4) is 0 Å². The molecule has 0 radical (unpaired) electrons. The Balaban J connectivity index is 1.79. The monoisotopic (exact) mass is 293 g/mol. The predicted octanol–water partition coefficient (Wildman–Crippen LogP) is 3.84. The van der Waals surface area contributed by atoms with Gasteiger partial charge in [-0.15, -0.1) is 10.2 Å². The van der Waals surface area contributed by atoms with Gasteiger partial charge in [-0.2, -0.15) is 11.8 Å². The summed E-state index contributed by atoms with van der Waals surface area (Å²) in [5.41, 5.74) is 0. The molecule has 1 aromatic carbocycles. The Morgan fingerprint density at radius 1 is 1.16 bits per heavy atom. The number of rotatable bonds is 3. The molecule has 3 rings (SSSR count). The average molecular weight is 294 g/mol. The van der Waals surface area contributed by atoms with Crippen LogP contribution in [-0.4, -0.2) is 28.2 Å². The van der Waals surface area contributed by atoms with E-state index in [4.69, 9.17) is 11.6 Å². The second-order valence-corrected chi connectivity index (χ2v) is 6.40. The van der Waals surface area contributed by atoms with Crippen molar-refractivity contribution >= 4 is 40.0 Å². The molecule has 0 saturated carbocycles. The molecule has 19 heavy (non-hydrogen) atoms. The number of fused-ring (bicyclic) bond motifs is 1. The van der Waals surface area contributed by atoms with Crippen molar-refractivity contribution in [1.82, 2.24) is 10.2 Å². The van der Waals surface area contributed by atoms with Crippen molar-refractivity contribution in [2.45, 2.75) is 12.8 Å². The van der Waals surface area contributed by atoms with E-state index in [-0.39, 0.29) is 0 Å². The number of hydrogen-bond acceptors (Lipinski definition) is 4. The number of benzene rings is 1. The third-order valence-electron chi connectivity index (χ3n) is 3.54. The number of anilines is 1. The van der Waals surface area contributed by atoms with E-state index in [1.165, 1.54) is 24.3 Å². The summed E-state index contributed by atoms with van der Waals surface area (Å²) in [5.74, 6) is 4.15. The maximum absolute atomic E-state index is 6.07. The van der Waals surface area contributed by atoms with Crippen LogP contribution in [0, 0.1) is 5.92 Å². The molecule has 3 nitrogen and oxygen atoms in total. The van der Waals surface area contributed by atoms with Gasteiger partial charge in [0.25, 0.3) is 0 Å². The van der Waals surface area contributed by atoms with Crippen LogP contribution in [0.3, 0.4) is 0 Å². The van der Waals surface area contributed by atoms with Crippen LogP contribution in [0.5, 0.6) is 0 Å². The van der Waals surface area contributed by atoms with Crippen molar-refractivity contribution in [3.63, 3.8) is 0 Å². The lowest BCUT2D eigenvalue weighted by atomic mass is 10.0. The molecule has 1 aliphatic heterocycles. The second kappa shape index (κ2) is 5.97. The Kier molecular flexibility index (Phi) is 4.09. The molecule has 1 aromatic heterocycles. The quantitative estimate of drug-likeness (QED) is 0.933. The molecular formula is C14H16ClN3S. The first-order chi connectivity index (χ1) is 9.34. The highest BCUT2D eigenvalue weighted by Gasteiger charge is 2.14. The fraction of sp³-hybridized carbons (Fsp3) is 0.429. The normalized spacial score (nSPS) is 16.7. The number of hydrogen-bond donors (Lipinski definition) is 1. The van der Waals surface area contributed by atoms with Crippen molar-refractivity contribution in [2.75, 3.05) is 23.4 Å². The summed E-state index contributed by atoms with van der Waals surface area (Å²) >= 11 is 8.13. The van der Waals surface area contributed by atoms with Gasteiger partial charge in [0.1, 0.15) is 0 Å². The van der Waals surface area contributed by atoms with Crippen LogP contribution < -0.4 is 5.32 Å². The predicted molar refractivity (Wildman–Crippen MR) is 83.1 cm³/mol. The highest BCUT2D eigenvalue weighted by atomic mass is 35.5. The molecule has 0 aliphatic carbocycles. The summed E-state index contributed by atoms with van der Waals surface area (Å²) in [4.78, 5) is 0. The lowest BCUT2D eigenvalue weighted by molar-refractivity contribution is 0.515. The summed E-state index contributed by atoms with van der Waals surface area (Å²) in [5, 5.41) is 14.1. The van der Waals surface area contributed by atoms with E-state index in [0.717, 1.165) is 29.1 Å². The van der Waals surface area contributed by atoms with E-state index < -0.39 is 0 Å². The summed E-state index contributed by atoms with van der Waals surface area (Å²) in [6.45, 7) is 0.973. The highest BCUT2D eigenvalue weighted by Crippen LogP contribution is 2.27. The zero-order valence-electron chi connectivity index (χ0n) is 10.6. The topological polar surface area (TPSA) is 37.8 Å². The van der Waals surface area contributed by atoms with Gasteiger partial charge in [-0.3, -0.25) is 0 Å². The van der Waals surface area contributed by atoms with Crippen molar-refractivity contribution in [2.24, 2.45) is 5.92 Å². The molecule has 2 heterocycles.